The van der Waals surface area contributed by atoms with E-state index in [2.05, 4.69) is 5.32 Å². The van der Waals surface area contributed by atoms with Crippen molar-refractivity contribution in [3.8, 4) is 11.5 Å². The van der Waals surface area contributed by atoms with E-state index in [0.29, 0.717) is 34.3 Å². The van der Waals surface area contributed by atoms with Crippen molar-refractivity contribution in [2.45, 2.75) is 38.5 Å². The number of benzene rings is 1. The summed E-state index contributed by atoms with van der Waals surface area (Å²) in [5, 5.41) is 1.81. The Morgan fingerprint density at radius 3 is 2.69 bits per heavy atom. The molecular formula is C19H21NO5S. The van der Waals surface area contributed by atoms with Crippen LogP contribution in [0, 0.1) is 5.92 Å². The van der Waals surface area contributed by atoms with Crippen LogP contribution in [0.3, 0.4) is 0 Å². The summed E-state index contributed by atoms with van der Waals surface area (Å²) in [6.45, 7) is 0. The largest absolute Gasteiger partial charge is 0.493 e. The van der Waals surface area contributed by atoms with Gasteiger partial charge >= 0.3 is 5.97 Å². The van der Waals surface area contributed by atoms with Gasteiger partial charge in [0.25, 0.3) is 11.1 Å². The highest BCUT2D eigenvalue weighted by Crippen LogP contribution is 2.33. The van der Waals surface area contributed by atoms with E-state index in [0.717, 1.165) is 18.2 Å². The number of hydrogen-bond acceptors (Lipinski definition) is 6. The van der Waals surface area contributed by atoms with Crippen LogP contribution >= 0.6 is 11.8 Å². The quantitative estimate of drug-likeness (QED) is 0.461. The molecule has 7 heteroatoms. The molecule has 1 aliphatic carbocycles. The molecule has 138 valence electrons. The smallest absolute Gasteiger partial charge is 0.311 e. The summed E-state index contributed by atoms with van der Waals surface area (Å²) in [7, 11) is 1.50. The average molecular weight is 375 g/mol. The number of carbonyl (C=O) groups is 3. The fraction of sp³-hybridized carbons (Fsp3) is 0.421. The lowest BCUT2D eigenvalue weighted by Gasteiger charge is -2.11. The van der Waals surface area contributed by atoms with Crippen LogP contribution in [-0.4, -0.2) is 24.2 Å². The van der Waals surface area contributed by atoms with Crippen molar-refractivity contribution >= 4 is 35.0 Å². The zero-order valence-corrected chi connectivity index (χ0v) is 15.4. The van der Waals surface area contributed by atoms with E-state index in [1.54, 1.807) is 24.3 Å². The number of ether oxygens (including phenoxy) is 2. The summed E-state index contributed by atoms with van der Waals surface area (Å²) in [5.74, 6) is 0.666. The Bertz CT molecular complexity index is 752. The molecule has 0 bridgehead atoms. The van der Waals surface area contributed by atoms with E-state index >= 15 is 0 Å². The van der Waals surface area contributed by atoms with Crippen molar-refractivity contribution in [3.05, 3.63) is 28.7 Å². The van der Waals surface area contributed by atoms with Crippen molar-refractivity contribution in [3.63, 3.8) is 0 Å². The number of rotatable bonds is 6. The zero-order chi connectivity index (χ0) is 18.5. The lowest BCUT2D eigenvalue weighted by Crippen LogP contribution is -2.17. The number of methoxy groups -OCH3 is 1. The van der Waals surface area contributed by atoms with E-state index < -0.39 is 11.1 Å². The van der Waals surface area contributed by atoms with Gasteiger partial charge < -0.3 is 9.47 Å². The predicted molar refractivity (Wildman–Crippen MR) is 98.9 cm³/mol. The lowest BCUT2D eigenvalue weighted by molar-refractivity contribution is -0.134. The van der Waals surface area contributed by atoms with Gasteiger partial charge in [-0.25, -0.2) is 0 Å². The van der Waals surface area contributed by atoms with Crippen LogP contribution in [-0.2, 0) is 9.59 Å². The first-order valence-corrected chi connectivity index (χ1v) is 9.50. The Hall–Kier alpha value is -2.28. The Morgan fingerprint density at radius 2 is 2.04 bits per heavy atom. The molecule has 0 spiro atoms. The highest BCUT2D eigenvalue weighted by atomic mass is 32.2. The van der Waals surface area contributed by atoms with Crippen LogP contribution in [0.4, 0.5) is 4.79 Å². The maximum atomic E-state index is 12.2. The van der Waals surface area contributed by atoms with Crippen LogP contribution < -0.4 is 14.8 Å². The zero-order valence-electron chi connectivity index (χ0n) is 14.6. The van der Waals surface area contributed by atoms with E-state index in [9.17, 15) is 14.4 Å². The van der Waals surface area contributed by atoms with E-state index in [1.807, 2.05) is 0 Å². The molecule has 1 saturated heterocycles. The predicted octanol–water partition coefficient (Wildman–Crippen LogP) is 3.89. The van der Waals surface area contributed by atoms with Crippen LogP contribution in [0.15, 0.2) is 23.1 Å². The average Bonchev–Trinajstić information content (AvgIpc) is 3.23. The molecule has 1 N–H and O–H groups in total. The van der Waals surface area contributed by atoms with Gasteiger partial charge in [-0.05, 0) is 47.9 Å². The summed E-state index contributed by atoms with van der Waals surface area (Å²) >= 11 is 0.843. The molecule has 1 aromatic carbocycles. The van der Waals surface area contributed by atoms with Crippen molar-refractivity contribution in [2.75, 3.05) is 7.11 Å². The van der Waals surface area contributed by atoms with Gasteiger partial charge in [0.1, 0.15) is 0 Å². The molecule has 26 heavy (non-hydrogen) atoms. The molecule has 0 aromatic heterocycles. The first-order chi connectivity index (χ1) is 12.5. The number of carbonyl (C=O) groups excluding carboxylic acids is 3. The first-order valence-electron chi connectivity index (χ1n) is 8.68. The van der Waals surface area contributed by atoms with E-state index in [4.69, 9.17) is 9.47 Å². The maximum Gasteiger partial charge on any atom is 0.311 e. The summed E-state index contributed by atoms with van der Waals surface area (Å²) in [6, 6.07) is 5.04. The number of thioether (sulfide) groups is 1. The van der Waals surface area contributed by atoms with Crippen LogP contribution in [0.2, 0.25) is 0 Å². The second-order valence-corrected chi connectivity index (χ2v) is 7.44. The third-order valence-corrected chi connectivity index (χ3v) is 5.39. The van der Waals surface area contributed by atoms with E-state index in [1.165, 1.54) is 32.8 Å². The van der Waals surface area contributed by atoms with Crippen molar-refractivity contribution < 1.29 is 23.9 Å². The molecule has 3 rings (SSSR count). The minimum atomic E-state index is -0.425. The van der Waals surface area contributed by atoms with Gasteiger partial charge in [0.15, 0.2) is 11.5 Å². The molecule has 2 aliphatic rings. The molecular weight excluding hydrogens is 354 g/mol. The van der Waals surface area contributed by atoms with Crippen molar-refractivity contribution in [2.24, 2.45) is 5.92 Å². The molecule has 6 nitrogen and oxygen atoms in total. The maximum absolute atomic E-state index is 12.2. The van der Waals surface area contributed by atoms with Crippen molar-refractivity contribution in [1.29, 1.82) is 0 Å². The summed E-state index contributed by atoms with van der Waals surface area (Å²) in [4.78, 5) is 35.4. The molecule has 1 aromatic rings. The number of amides is 2. The lowest BCUT2D eigenvalue weighted by atomic mass is 10.0. The third kappa shape index (κ3) is 4.66. The van der Waals surface area contributed by atoms with Gasteiger partial charge in [-0.15, -0.1) is 0 Å². The van der Waals surface area contributed by atoms with Gasteiger partial charge in [0.05, 0.1) is 12.0 Å². The number of esters is 1. The van der Waals surface area contributed by atoms with Gasteiger partial charge in [0, 0.05) is 6.42 Å². The van der Waals surface area contributed by atoms with Crippen LogP contribution in [0.1, 0.15) is 44.1 Å². The Balaban J connectivity index is 1.69. The van der Waals surface area contributed by atoms with E-state index in [-0.39, 0.29) is 5.97 Å². The first kappa shape index (κ1) is 18.5. The summed E-state index contributed by atoms with van der Waals surface area (Å²) < 4.78 is 10.7. The third-order valence-electron chi connectivity index (χ3n) is 4.58. The standard InChI is InChI=1S/C19H21NO5S/c1-24-14-8-6-13(11-16-18(22)20-19(23)26-16)10-15(14)25-17(21)9-7-12-4-2-3-5-12/h6,8,10-12H,2-5,7,9H2,1H3,(H,20,22,23)/b16-11-. The van der Waals surface area contributed by atoms with Crippen molar-refractivity contribution in [1.82, 2.24) is 5.32 Å². The van der Waals surface area contributed by atoms with Crippen LogP contribution in [0.25, 0.3) is 6.08 Å². The monoisotopic (exact) mass is 375 g/mol. The normalized spacial score (nSPS) is 19.0. The van der Waals surface area contributed by atoms with Gasteiger partial charge in [0.2, 0.25) is 0 Å². The molecule has 1 aliphatic heterocycles. The van der Waals surface area contributed by atoms with Gasteiger partial charge in [-0.3, -0.25) is 19.7 Å². The summed E-state index contributed by atoms with van der Waals surface area (Å²) in [6.07, 6.45) is 7.70. The Kier molecular flexibility index (Phi) is 5.98. The Labute approximate surface area is 156 Å². The molecule has 1 saturated carbocycles. The number of hydrogen-bond donors (Lipinski definition) is 1. The second-order valence-electron chi connectivity index (χ2n) is 6.43. The highest BCUT2D eigenvalue weighted by Gasteiger charge is 2.25. The van der Waals surface area contributed by atoms with Gasteiger partial charge in [-0.2, -0.15) is 0 Å². The number of imide groups is 1. The molecule has 0 radical (unpaired) electrons. The SMILES string of the molecule is COc1ccc(/C=C2\SC(=O)NC2=O)cc1OC(=O)CCC1CCCC1. The fourth-order valence-corrected chi connectivity index (χ4v) is 3.91. The highest BCUT2D eigenvalue weighted by molar-refractivity contribution is 8.18. The molecule has 1 heterocycles. The molecule has 2 fully saturated rings. The topological polar surface area (TPSA) is 81.7 Å². The fourth-order valence-electron chi connectivity index (χ4n) is 3.23. The van der Waals surface area contributed by atoms with Gasteiger partial charge in [-0.1, -0.05) is 31.7 Å². The van der Waals surface area contributed by atoms with Crippen LogP contribution in [0.5, 0.6) is 11.5 Å². The molecule has 0 unspecified atom stereocenters. The molecule has 2 amide bonds. The molecule has 0 atom stereocenters. The number of nitrogens with one attached hydrogen (secondary N) is 1. The minimum absolute atomic E-state index is 0.289. The Morgan fingerprint density at radius 1 is 1.27 bits per heavy atom. The summed E-state index contributed by atoms with van der Waals surface area (Å²) in [5.41, 5.74) is 0.650. The minimum Gasteiger partial charge on any atom is -0.493 e. The second kappa shape index (κ2) is 8.40.